The fourth-order valence-electron chi connectivity index (χ4n) is 2.31. The van der Waals surface area contributed by atoms with Crippen LogP contribution in [0.2, 0.25) is 0 Å². The summed E-state index contributed by atoms with van der Waals surface area (Å²) in [6.07, 6.45) is 3.22. The number of aliphatic hydroxyl groups excluding tert-OH is 1. The average molecular weight is 263 g/mol. The van der Waals surface area contributed by atoms with E-state index in [1.165, 1.54) is 18.1 Å². The maximum absolute atomic E-state index is 12.1. The molecule has 1 aromatic rings. The molecule has 1 atom stereocenters. The molecule has 1 aliphatic rings. The number of carbonyl (C=O) groups is 2. The number of nitrogens with zero attached hydrogens (tertiary/aromatic N) is 1. The number of ketones is 1. The van der Waals surface area contributed by atoms with Crippen LogP contribution in [-0.4, -0.2) is 28.2 Å². The highest BCUT2D eigenvalue weighted by molar-refractivity contribution is 6.07. The molecule has 1 amide bonds. The van der Waals surface area contributed by atoms with Crippen LogP contribution in [0.4, 0.5) is 0 Å². The van der Waals surface area contributed by atoms with E-state index >= 15 is 0 Å². The molecular formula is C14H17NO4. The van der Waals surface area contributed by atoms with Gasteiger partial charge in [-0.3, -0.25) is 9.59 Å². The second-order valence-corrected chi connectivity index (χ2v) is 4.59. The van der Waals surface area contributed by atoms with Gasteiger partial charge in [-0.05, 0) is 25.5 Å². The SMILES string of the molecule is CCCCN1C(=O)C(O)=C(C(C)=O)C1c1ccco1. The van der Waals surface area contributed by atoms with E-state index in [2.05, 4.69) is 0 Å². The zero-order valence-electron chi connectivity index (χ0n) is 11.0. The Balaban J connectivity index is 2.41. The predicted octanol–water partition coefficient (Wildman–Crippen LogP) is 2.36. The molecule has 1 aromatic heterocycles. The summed E-state index contributed by atoms with van der Waals surface area (Å²) in [5, 5.41) is 9.89. The van der Waals surface area contributed by atoms with E-state index in [4.69, 9.17) is 4.42 Å². The largest absolute Gasteiger partial charge is 0.503 e. The van der Waals surface area contributed by atoms with Crippen molar-refractivity contribution in [2.45, 2.75) is 32.7 Å². The van der Waals surface area contributed by atoms with E-state index < -0.39 is 17.7 Å². The van der Waals surface area contributed by atoms with Crippen LogP contribution < -0.4 is 0 Å². The van der Waals surface area contributed by atoms with Crippen molar-refractivity contribution in [2.75, 3.05) is 6.54 Å². The zero-order chi connectivity index (χ0) is 14.0. The molecule has 102 valence electrons. The molecule has 0 saturated carbocycles. The van der Waals surface area contributed by atoms with E-state index in [9.17, 15) is 14.7 Å². The van der Waals surface area contributed by atoms with Gasteiger partial charge in [0, 0.05) is 6.54 Å². The number of hydrogen-bond acceptors (Lipinski definition) is 4. The Hall–Kier alpha value is -2.04. The van der Waals surface area contributed by atoms with E-state index in [1.807, 2.05) is 6.92 Å². The molecule has 2 heterocycles. The molecule has 0 radical (unpaired) electrons. The quantitative estimate of drug-likeness (QED) is 0.885. The fraction of sp³-hybridized carbons (Fsp3) is 0.429. The van der Waals surface area contributed by atoms with Crippen molar-refractivity contribution in [2.24, 2.45) is 0 Å². The summed E-state index contributed by atoms with van der Waals surface area (Å²) in [4.78, 5) is 25.2. The van der Waals surface area contributed by atoms with Crippen molar-refractivity contribution in [3.63, 3.8) is 0 Å². The zero-order valence-corrected chi connectivity index (χ0v) is 11.0. The molecule has 1 unspecified atom stereocenters. The second kappa shape index (κ2) is 5.30. The maximum Gasteiger partial charge on any atom is 0.290 e. The summed E-state index contributed by atoms with van der Waals surface area (Å²) in [6.45, 7) is 3.85. The number of aliphatic hydroxyl groups is 1. The van der Waals surface area contributed by atoms with Gasteiger partial charge in [0.15, 0.2) is 11.5 Å². The molecule has 0 aliphatic carbocycles. The van der Waals surface area contributed by atoms with Crippen LogP contribution in [0.1, 0.15) is 38.5 Å². The summed E-state index contributed by atoms with van der Waals surface area (Å²) in [5.41, 5.74) is 0.121. The number of unbranched alkanes of at least 4 members (excludes halogenated alkanes) is 1. The monoisotopic (exact) mass is 263 g/mol. The Morgan fingerprint density at radius 2 is 2.26 bits per heavy atom. The van der Waals surface area contributed by atoms with Crippen LogP contribution in [0, 0.1) is 0 Å². The van der Waals surface area contributed by atoms with Crippen LogP contribution in [-0.2, 0) is 9.59 Å². The number of hydrogen-bond donors (Lipinski definition) is 1. The molecule has 5 nitrogen and oxygen atoms in total. The lowest BCUT2D eigenvalue weighted by Gasteiger charge is -2.24. The van der Waals surface area contributed by atoms with Crippen LogP contribution in [0.3, 0.4) is 0 Å². The lowest BCUT2D eigenvalue weighted by Crippen LogP contribution is -2.31. The van der Waals surface area contributed by atoms with E-state index in [-0.39, 0.29) is 11.4 Å². The lowest BCUT2D eigenvalue weighted by molar-refractivity contribution is -0.129. The molecule has 1 aliphatic heterocycles. The van der Waals surface area contributed by atoms with E-state index in [1.54, 1.807) is 12.1 Å². The number of rotatable bonds is 5. The van der Waals surface area contributed by atoms with Gasteiger partial charge in [0.2, 0.25) is 0 Å². The number of furan rings is 1. The van der Waals surface area contributed by atoms with Crippen molar-refractivity contribution < 1.29 is 19.1 Å². The minimum Gasteiger partial charge on any atom is -0.503 e. The Morgan fingerprint density at radius 3 is 2.79 bits per heavy atom. The maximum atomic E-state index is 12.1. The highest BCUT2D eigenvalue weighted by Gasteiger charge is 2.43. The van der Waals surface area contributed by atoms with Gasteiger partial charge in [0.05, 0.1) is 11.8 Å². The van der Waals surface area contributed by atoms with Crippen molar-refractivity contribution in [1.29, 1.82) is 0 Å². The third-order valence-electron chi connectivity index (χ3n) is 3.25. The lowest BCUT2D eigenvalue weighted by atomic mass is 10.0. The van der Waals surface area contributed by atoms with Gasteiger partial charge < -0.3 is 14.4 Å². The predicted molar refractivity (Wildman–Crippen MR) is 68.4 cm³/mol. The topological polar surface area (TPSA) is 70.8 Å². The highest BCUT2D eigenvalue weighted by Crippen LogP contribution is 2.37. The first-order valence-corrected chi connectivity index (χ1v) is 6.36. The molecular weight excluding hydrogens is 246 g/mol. The summed E-state index contributed by atoms with van der Waals surface area (Å²) < 4.78 is 5.31. The molecule has 0 bridgehead atoms. The average Bonchev–Trinajstić information content (AvgIpc) is 2.96. The summed E-state index contributed by atoms with van der Waals surface area (Å²) in [5.74, 6) is -0.769. The van der Waals surface area contributed by atoms with E-state index in [0.29, 0.717) is 12.3 Å². The minimum absolute atomic E-state index is 0.121. The smallest absolute Gasteiger partial charge is 0.290 e. The molecule has 0 aromatic carbocycles. The Morgan fingerprint density at radius 1 is 1.53 bits per heavy atom. The summed E-state index contributed by atoms with van der Waals surface area (Å²) in [7, 11) is 0. The minimum atomic E-state index is -0.605. The van der Waals surface area contributed by atoms with Crippen LogP contribution >= 0.6 is 0 Å². The Labute approximate surface area is 111 Å². The first kappa shape index (κ1) is 13.4. The highest BCUT2D eigenvalue weighted by atomic mass is 16.3. The number of carbonyl (C=O) groups excluding carboxylic acids is 2. The Bertz CT molecular complexity index is 516. The molecule has 0 saturated heterocycles. The third-order valence-corrected chi connectivity index (χ3v) is 3.25. The normalized spacial score (nSPS) is 19.4. The molecule has 1 N–H and O–H groups in total. The third kappa shape index (κ3) is 2.28. The molecule has 5 heteroatoms. The first-order chi connectivity index (χ1) is 9.07. The number of amides is 1. The van der Waals surface area contributed by atoms with Gasteiger partial charge in [0.25, 0.3) is 5.91 Å². The summed E-state index contributed by atoms with van der Waals surface area (Å²) in [6, 6.07) is 2.80. The van der Waals surface area contributed by atoms with Gasteiger partial charge in [-0.2, -0.15) is 0 Å². The molecule has 0 fully saturated rings. The molecule has 0 spiro atoms. The standard InChI is InChI=1S/C14H17NO4/c1-3-4-7-15-12(10-6-5-8-19-10)11(9(2)16)13(17)14(15)18/h5-6,8,12,17H,3-4,7H2,1-2H3. The van der Waals surface area contributed by atoms with Crippen LogP contribution in [0.5, 0.6) is 0 Å². The van der Waals surface area contributed by atoms with Gasteiger partial charge in [-0.25, -0.2) is 0 Å². The number of Topliss-reactive ketones (excluding diaryl/α,β-unsaturated/α-hetero) is 1. The van der Waals surface area contributed by atoms with Crippen molar-refractivity contribution >= 4 is 11.7 Å². The molecule has 2 rings (SSSR count). The van der Waals surface area contributed by atoms with Gasteiger partial charge in [0.1, 0.15) is 11.8 Å². The van der Waals surface area contributed by atoms with Crippen LogP contribution in [0.25, 0.3) is 0 Å². The summed E-state index contributed by atoms with van der Waals surface area (Å²) >= 11 is 0. The molecule has 19 heavy (non-hydrogen) atoms. The second-order valence-electron chi connectivity index (χ2n) is 4.59. The van der Waals surface area contributed by atoms with Gasteiger partial charge in [-0.15, -0.1) is 0 Å². The van der Waals surface area contributed by atoms with Crippen molar-refractivity contribution in [3.05, 3.63) is 35.5 Å². The van der Waals surface area contributed by atoms with Crippen molar-refractivity contribution in [1.82, 2.24) is 4.90 Å². The Kier molecular flexibility index (Phi) is 3.74. The van der Waals surface area contributed by atoms with E-state index in [0.717, 1.165) is 12.8 Å². The fourth-order valence-corrected chi connectivity index (χ4v) is 2.31. The first-order valence-electron chi connectivity index (χ1n) is 6.36. The van der Waals surface area contributed by atoms with Gasteiger partial charge >= 0.3 is 0 Å². The van der Waals surface area contributed by atoms with Crippen LogP contribution in [0.15, 0.2) is 34.1 Å². The van der Waals surface area contributed by atoms with Gasteiger partial charge in [-0.1, -0.05) is 13.3 Å². The van der Waals surface area contributed by atoms with Crippen molar-refractivity contribution in [3.8, 4) is 0 Å².